The molecule has 0 aromatic heterocycles. The Morgan fingerprint density at radius 1 is 1.47 bits per heavy atom. The lowest BCUT2D eigenvalue weighted by Gasteiger charge is -2.48. The summed E-state index contributed by atoms with van der Waals surface area (Å²) in [5.74, 6) is 1.65. The smallest absolute Gasteiger partial charge is 0.0309 e. The number of rotatable bonds is 5. The Kier molecular flexibility index (Phi) is 3.94. The maximum atomic E-state index is 3.86. The van der Waals surface area contributed by atoms with E-state index in [9.17, 15) is 0 Å². The van der Waals surface area contributed by atoms with Gasteiger partial charge in [0.25, 0.3) is 0 Å². The van der Waals surface area contributed by atoms with Crippen LogP contribution in [0.1, 0.15) is 40.0 Å². The number of nitrogens with zero attached hydrogens (tertiary/aromatic N) is 1. The molecule has 1 heterocycles. The standard InChI is InChI=1S/C15H28N2/c1-5-6-9-17-11-15(4,13-7-8-13)16-10-14(17)12(2)3/h5,12-14,16H,1,6-11H2,2-4H3. The summed E-state index contributed by atoms with van der Waals surface area (Å²) in [6, 6.07) is 0.696. The second-order valence-corrected chi connectivity index (χ2v) is 6.43. The molecule has 1 aliphatic heterocycles. The first-order valence-electron chi connectivity index (χ1n) is 7.17. The quantitative estimate of drug-likeness (QED) is 0.738. The van der Waals surface area contributed by atoms with E-state index >= 15 is 0 Å². The third-order valence-electron chi connectivity index (χ3n) is 4.58. The van der Waals surface area contributed by atoms with Crippen LogP contribution in [-0.4, -0.2) is 36.1 Å². The van der Waals surface area contributed by atoms with Crippen LogP contribution in [0.3, 0.4) is 0 Å². The predicted octanol–water partition coefficient (Wildman–Crippen LogP) is 2.66. The molecule has 98 valence electrons. The second-order valence-electron chi connectivity index (χ2n) is 6.43. The van der Waals surface area contributed by atoms with Crippen molar-refractivity contribution in [1.82, 2.24) is 10.2 Å². The zero-order chi connectivity index (χ0) is 12.5. The minimum absolute atomic E-state index is 0.368. The molecule has 0 amide bonds. The zero-order valence-electron chi connectivity index (χ0n) is 11.7. The van der Waals surface area contributed by atoms with Crippen molar-refractivity contribution in [2.75, 3.05) is 19.6 Å². The summed E-state index contributed by atoms with van der Waals surface area (Å²) in [4.78, 5) is 2.70. The summed E-state index contributed by atoms with van der Waals surface area (Å²) < 4.78 is 0. The fourth-order valence-electron chi connectivity index (χ4n) is 3.22. The van der Waals surface area contributed by atoms with Gasteiger partial charge in [0.1, 0.15) is 0 Å². The van der Waals surface area contributed by atoms with Crippen LogP contribution in [0.4, 0.5) is 0 Å². The van der Waals surface area contributed by atoms with E-state index in [-0.39, 0.29) is 0 Å². The molecule has 2 atom stereocenters. The van der Waals surface area contributed by atoms with Crippen molar-refractivity contribution in [3.63, 3.8) is 0 Å². The van der Waals surface area contributed by atoms with Crippen LogP contribution in [0.15, 0.2) is 12.7 Å². The lowest BCUT2D eigenvalue weighted by atomic mass is 9.88. The molecule has 0 bridgehead atoms. The van der Waals surface area contributed by atoms with Gasteiger partial charge in [0, 0.05) is 31.2 Å². The van der Waals surface area contributed by atoms with Gasteiger partial charge in [-0.05, 0) is 38.0 Å². The minimum Gasteiger partial charge on any atom is -0.308 e. The van der Waals surface area contributed by atoms with Crippen LogP contribution in [0, 0.1) is 11.8 Å². The van der Waals surface area contributed by atoms with Gasteiger partial charge in [-0.15, -0.1) is 6.58 Å². The summed E-state index contributed by atoms with van der Waals surface area (Å²) in [5.41, 5.74) is 0.368. The van der Waals surface area contributed by atoms with Crippen molar-refractivity contribution >= 4 is 0 Å². The van der Waals surface area contributed by atoms with Gasteiger partial charge < -0.3 is 5.32 Å². The van der Waals surface area contributed by atoms with E-state index in [0.29, 0.717) is 11.6 Å². The molecule has 0 aromatic carbocycles. The summed E-state index contributed by atoms with van der Waals surface area (Å²) in [7, 11) is 0. The summed E-state index contributed by atoms with van der Waals surface area (Å²) in [6.45, 7) is 14.5. The third-order valence-corrected chi connectivity index (χ3v) is 4.58. The summed E-state index contributed by atoms with van der Waals surface area (Å²) >= 11 is 0. The van der Waals surface area contributed by atoms with Crippen molar-refractivity contribution < 1.29 is 0 Å². The van der Waals surface area contributed by atoms with E-state index in [1.807, 2.05) is 6.08 Å². The third kappa shape index (κ3) is 2.92. The van der Waals surface area contributed by atoms with Gasteiger partial charge in [0.2, 0.25) is 0 Å². The molecule has 2 heteroatoms. The van der Waals surface area contributed by atoms with Gasteiger partial charge in [-0.1, -0.05) is 19.9 Å². The Labute approximate surface area is 106 Å². The number of nitrogens with one attached hydrogen (secondary N) is 1. The van der Waals surface area contributed by atoms with Gasteiger partial charge in [-0.2, -0.15) is 0 Å². The van der Waals surface area contributed by atoms with Gasteiger partial charge in [-0.25, -0.2) is 0 Å². The first-order valence-corrected chi connectivity index (χ1v) is 7.17. The van der Waals surface area contributed by atoms with E-state index in [2.05, 4.69) is 37.6 Å². The lowest BCUT2D eigenvalue weighted by Crippen LogP contribution is -2.65. The average Bonchev–Trinajstić information content (AvgIpc) is 3.10. The van der Waals surface area contributed by atoms with Crippen molar-refractivity contribution in [3.05, 3.63) is 12.7 Å². The fourth-order valence-corrected chi connectivity index (χ4v) is 3.22. The SMILES string of the molecule is C=CCCN1CC(C)(C2CC2)NCC1C(C)C. The van der Waals surface area contributed by atoms with Crippen molar-refractivity contribution in [3.8, 4) is 0 Å². The van der Waals surface area contributed by atoms with Crippen LogP contribution < -0.4 is 5.32 Å². The first-order chi connectivity index (χ1) is 8.07. The molecule has 1 N–H and O–H groups in total. The van der Waals surface area contributed by atoms with Crippen LogP contribution in [0.2, 0.25) is 0 Å². The number of hydrogen-bond donors (Lipinski definition) is 1. The minimum atomic E-state index is 0.368. The molecule has 1 aliphatic carbocycles. The maximum absolute atomic E-state index is 3.86. The Morgan fingerprint density at radius 2 is 2.18 bits per heavy atom. The average molecular weight is 236 g/mol. The Morgan fingerprint density at radius 3 is 2.71 bits per heavy atom. The van der Waals surface area contributed by atoms with E-state index in [1.165, 1.54) is 25.9 Å². The number of piperazine rings is 1. The molecule has 17 heavy (non-hydrogen) atoms. The highest BCUT2D eigenvalue weighted by molar-refractivity contribution is 5.04. The Bertz CT molecular complexity index is 270. The van der Waals surface area contributed by atoms with Gasteiger partial charge in [0.05, 0.1) is 0 Å². The van der Waals surface area contributed by atoms with E-state index < -0.39 is 0 Å². The molecule has 2 rings (SSSR count). The van der Waals surface area contributed by atoms with Gasteiger partial charge in [0.15, 0.2) is 0 Å². The number of hydrogen-bond acceptors (Lipinski definition) is 2. The summed E-state index contributed by atoms with van der Waals surface area (Å²) in [5, 5.41) is 3.83. The topological polar surface area (TPSA) is 15.3 Å². The molecule has 0 aromatic rings. The van der Waals surface area contributed by atoms with Crippen LogP contribution >= 0.6 is 0 Å². The fraction of sp³-hybridized carbons (Fsp3) is 0.867. The largest absolute Gasteiger partial charge is 0.308 e. The normalized spacial score (nSPS) is 35.2. The molecule has 0 spiro atoms. The van der Waals surface area contributed by atoms with Crippen molar-refractivity contribution in [1.29, 1.82) is 0 Å². The van der Waals surface area contributed by atoms with E-state index in [1.54, 1.807) is 0 Å². The van der Waals surface area contributed by atoms with E-state index in [0.717, 1.165) is 24.8 Å². The molecule has 2 fully saturated rings. The Hall–Kier alpha value is -0.340. The predicted molar refractivity (Wildman–Crippen MR) is 74.1 cm³/mol. The molecule has 2 unspecified atom stereocenters. The monoisotopic (exact) mass is 236 g/mol. The van der Waals surface area contributed by atoms with Gasteiger partial charge >= 0.3 is 0 Å². The van der Waals surface area contributed by atoms with Crippen LogP contribution in [0.5, 0.6) is 0 Å². The lowest BCUT2D eigenvalue weighted by molar-refractivity contribution is 0.0540. The molecule has 0 radical (unpaired) electrons. The second kappa shape index (κ2) is 5.11. The molecule has 1 saturated heterocycles. The van der Waals surface area contributed by atoms with Crippen molar-refractivity contribution in [2.24, 2.45) is 11.8 Å². The van der Waals surface area contributed by atoms with Crippen molar-refractivity contribution in [2.45, 2.75) is 51.6 Å². The molecule has 2 aliphatic rings. The van der Waals surface area contributed by atoms with E-state index in [4.69, 9.17) is 0 Å². The molecular weight excluding hydrogens is 208 g/mol. The van der Waals surface area contributed by atoms with Gasteiger partial charge in [-0.3, -0.25) is 4.90 Å². The first kappa shape index (κ1) is 13.1. The zero-order valence-corrected chi connectivity index (χ0v) is 11.7. The summed E-state index contributed by atoms with van der Waals surface area (Å²) in [6.07, 6.45) is 6.01. The molecule has 2 nitrogen and oxygen atoms in total. The van der Waals surface area contributed by atoms with Crippen LogP contribution in [-0.2, 0) is 0 Å². The Balaban J connectivity index is 2.00. The maximum Gasteiger partial charge on any atom is 0.0309 e. The highest BCUT2D eigenvalue weighted by Gasteiger charge is 2.46. The highest BCUT2D eigenvalue weighted by atomic mass is 15.3. The highest BCUT2D eigenvalue weighted by Crippen LogP contribution is 2.41. The van der Waals surface area contributed by atoms with Crippen LogP contribution in [0.25, 0.3) is 0 Å². The molecule has 1 saturated carbocycles. The molecular formula is C15H28N2.